The third-order valence-electron chi connectivity index (χ3n) is 20.1. The van der Waals surface area contributed by atoms with Crippen LogP contribution in [0.5, 0.6) is 0 Å². The molecule has 3 N–H and O–H groups in total. The lowest BCUT2D eigenvalue weighted by Gasteiger charge is -2.21. The Kier molecular flexibility index (Phi) is 74.1. The van der Waals surface area contributed by atoms with Gasteiger partial charge in [-0.3, -0.25) is 37.3 Å². The second kappa shape index (κ2) is 75.5. The fraction of sp³-hybridized carbons (Fsp3) is 0.952. The SMILES string of the molecule is CCCCCCCCCCCCCCCCCCCCCC(=O)OC[C@H](COP(=O)(O)OC[C@@H](O)COP(=O)(O)OC[C@@H](COC(=O)CCCCCCCCC)OC(=O)CCCCCCCCCCCCCCC(C)C)OC(=O)CCCCCCCCCCCCCCCCCCCCC(C)CC. The molecule has 0 saturated carbocycles. The molecule has 612 valence electrons. The first-order valence-corrected chi connectivity index (χ1v) is 46.5. The van der Waals surface area contributed by atoms with Crippen molar-refractivity contribution in [2.45, 2.75) is 464 Å². The number of hydrogen-bond donors (Lipinski definition) is 3. The largest absolute Gasteiger partial charge is 0.472 e. The monoisotopic (exact) mass is 1510 g/mol. The molecule has 0 aliphatic rings. The van der Waals surface area contributed by atoms with E-state index in [2.05, 4.69) is 41.5 Å². The van der Waals surface area contributed by atoms with E-state index in [1.165, 1.54) is 250 Å². The smallest absolute Gasteiger partial charge is 0.462 e. The third-order valence-corrected chi connectivity index (χ3v) is 22.0. The van der Waals surface area contributed by atoms with E-state index in [9.17, 15) is 43.2 Å². The summed E-state index contributed by atoms with van der Waals surface area (Å²) in [6.45, 7) is 9.69. The van der Waals surface area contributed by atoms with Gasteiger partial charge in [-0.2, -0.15) is 0 Å². The maximum Gasteiger partial charge on any atom is 0.472 e. The molecule has 0 radical (unpaired) electrons. The van der Waals surface area contributed by atoms with Crippen LogP contribution in [0.2, 0.25) is 0 Å². The number of carbonyl (C=O) groups is 4. The van der Waals surface area contributed by atoms with Crippen molar-refractivity contribution in [3.8, 4) is 0 Å². The summed E-state index contributed by atoms with van der Waals surface area (Å²) in [5.41, 5.74) is 0. The third kappa shape index (κ3) is 76.6. The summed E-state index contributed by atoms with van der Waals surface area (Å²) in [7, 11) is -9.92. The Balaban J connectivity index is 5.16. The van der Waals surface area contributed by atoms with Crippen molar-refractivity contribution in [1.29, 1.82) is 0 Å². The normalized spacial score (nSPS) is 14.1. The van der Waals surface area contributed by atoms with E-state index in [1.807, 2.05) is 0 Å². The maximum absolute atomic E-state index is 13.1. The molecule has 6 atom stereocenters. The fourth-order valence-corrected chi connectivity index (χ4v) is 14.6. The van der Waals surface area contributed by atoms with Crippen LogP contribution in [0.25, 0.3) is 0 Å². The summed E-state index contributed by atoms with van der Waals surface area (Å²) in [6, 6.07) is 0. The van der Waals surface area contributed by atoms with Crippen LogP contribution in [0.4, 0.5) is 0 Å². The van der Waals surface area contributed by atoms with Crippen LogP contribution in [0.15, 0.2) is 0 Å². The minimum Gasteiger partial charge on any atom is -0.462 e. The Morgan fingerprint density at radius 2 is 0.495 bits per heavy atom. The first-order chi connectivity index (χ1) is 49.9. The summed E-state index contributed by atoms with van der Waals surface area (Å²) in [4.78, 5) is 73.0. The van der Waals surface area contributed by atoms with E-state index in [0.29, 0.717) is 25.7 Å². The summed E-state index contributed by atoms with van der Waals surface area (Å²) in [5.74, 6) is -0.462. The number of ether oxygens (including phenoxy) is 4. The minimum atomic E-state index is -4.96. The van der Waals surface area contributed by atoms with Gasteiger partial charge in [-0.1, -0.05) is 395 Å². The second-order valence-electron chi connectivity index (χ2n) is 30.9. The van der Waals surface area contributed by atoms with E-state index in [4.69, 9.17) is 37.0 Å². The first-order valence-electron chi connectivity index (χ1n) is 43.5. The van der Waals surface area contributed by atoms with Gasteiger partial charge in [0.15, 0.2) is 12.2 Å². The molecule has 0 aromatic heterocycles. The van der Waals surface area contributed by atoms with Gasteiger partial charge in [-0.05, 0) is 37.5 Å². The second-order valence-corrected chi connectivity index (χ2v) is 33.8. The number of rotatable bonds is 83. The van der Waals surface area contributed by atoms with Crippen molar-refractivity contribution in [2.24, 2.45) is 11.8 Å². The minimum absolute atomic E-state index is 0.107. The average Bonchev–Trinajstić information content (AvgIpc) is 0.910. The van der Waals surface area contributed by atoms with Gasteiger partial charge in [0.1, 0.15) is 19.3 Å². The highest BCUT2D eigenvalue weighted by atomic mass is 31.2. The number of aliphatic hydroxyl groups excluding tert-OH is 1. The van der Waals surface area contributed by atoms with Crippen LogP contribution in [0, 0.1) is 11.8 Å². The number of unbranched alkanes of at least 4 members (excludes halogenated alkanes) is 52. The summed E-state index contributed by atoms with van der Waals surface area (Å²) in [5, 5.41) is 10.6. The predicted octanol–water partition coefficient (Wildman–Crippen LogP) is 25.5. The summed E-state index contributed by atoms with van der Waals surface area (Å²) in [6.07, 6.45) is 66.8. The molecule has 0 amide bonds. The van der Waals surface area contributed by atoms with Crippen LogP contribution < -0.4 is 0 Å². The molecule has 3 unspecified atom stereocenters. The van der Waals surface area contributed by atoms with Crippen molar-refractivity contribution in [2.75, 3.05) is 39.6 Å². The average molecular weight is 1510 g/mol. The Morgan fingerprint density at radius 3 is 0.738 bits per heavy atom. The van der Waals surface area contributed by atoms with Gasteiger partial charge in [0, 0.05) is 25.7 Å². The van der Waals surface area contributed by atoms with Crippen LogP contribution in [-0.4, -0.2) is 96.7 Å². The van der Waals surface area contributed by atoms with E-state index >= 15 is 0 Å². The maximum atomic E-state index is 13.1. The molecule has 103 heavy (non-hydrogen) atoms. The number of phosphoric acid groups is 2. The van der Waals surface area contributed by atoms with Crippen LogP contribution in [0.3, 0.4) is 0 Å². The molecule has 0 spiro atoms. The highest BCUT2D eigenvalue weighted by Crippen LogP contribution is 2.45. The van der Waals surface area contributed by atoms with Crippen molar-refractivity contribution < 1.29 is 80.2 Å². The van der Waals surface area contributed by atoms with Gasteiger partial charge in [0.2, 0.25) is 0 Å². The Labute approximate surface area is 632 Å². The zero-order valence-corrected chi connectivity index (χ0v) is 69.4. The van der Waals surface area contributed by atoms with Gasteiger partial charge in [-0.25, -0.2) is 9.13 Å². The van der Waals surface area contributed by atoms with E-state index in [1.54, 1.807) is 0 Å². The predicted molar refractivity (Wildman–Crippen MR) is 423 cm³/mol. The van der Waals surface area contributed by atoms with E-state index in [-0.39, 0.29) is 25.7 Å². The van der Waals surface area contributed by atoms with E-state index < -0.39 is 97.5 Å². The van der Waals surface area contributed by atoms with Crippen LogP contribution >= 0.6 is 15.6 Å². The molecular weight excluding hydrogens is 1340 g/mol. The quantitative estimate of drug-likeness (QED) is 0.0222. The molecule has 0 aliphatic heterocycles. The molecule has 0 aromatic carbocycles. The summed E-state index contributed by atoms with van der Waals surface area (Å²) >= 11 is 0. The Bertz CT molecular complexity index is 1980. The lowest BCUT2D eigenvalue weighted by molar-refractivity contribution is -0.161. The Morgan fingerprint density at radius 1 is 0.282 bits per heavy atom. The van der Waals surface area contributed by atoms with Gasteiger partial charge in [-0.15, -0.1) is 0 Å². The molecule has 0 heterocycles. The molecule has 0 aliphatic carbocycles. The molecule has 0 rings (SSSR count). The van der Waals surface area contributed by atoms with Crippen LogP contribution in [0.1, 0.15) is 446 Å². The van der Waals surface area contributed by atoms with Crippen molar-refractivity contribution in [3.05, 3.63) is 0 Å². The first kappa shape index (κ1) is 101. The molecular formula is C84H164O17P2. The molecule has 0 aromatic rings. The standard InChI is InChI=1S/C84H164O17P2/c1-7-10-12-14-16-17-18-19-20-21-22-26-29-32-38-43-49-55-61-67-82(87)95-73-80(101-84(89)68-62-56-50-44-39-33-30-27-24-23-25-28-31-37-42-48-53-59-65-77(6)9-3)75-99-103(92,93)97-71-78(85)70-96-102(90,91)98-74-79(72-94-81(86)66-60-54-46-15-13-11-8-2)100-83(88)69-63-57-51-45-40-35-34-36-41-47-52-58-64-76(4)5/h76-80,85H,7-75H2,1-6H3,(H,90,91)(H,92,93)/t77?,78-,79+,80+/m0/s1. The fourth-order valence-electron chi connectivity index (χ4n) is 13.0. The lowest BCUT2D eigenvalue weighted by Crippen LogP contribution is -2.30. The van der Waals surface area contributed by atoms with Crippen molar-refractivity contribution in [1.82, 2.24) is 0 Å². The number of phosphoric ester groups is 2. The van der Waals surface area contributed by atoms with Gasteiger partial charge in [0.05, 0.1) is 26.4 Å². The summed E-state index contributed by atoms with van der Waals surface area (Å²) < 4.78 is 68.7. The lowest BCUT2D eigenvalue weighted by atomic mass is 9.99. The van der Waals surface area contributed by atoms with Crippen LogP contribution in [-0.2, 0) is 65.4 Å². The zero-order chi connectivity index (χ0) is 75.6. The number of hydrogen-bond acceptors (Lipinski definition) is 15. The molecule has 0 saturated heterocycles. The highest BCUT2D eigenvalue weighted by Gasteiger charge is 2.30. The molecule has 0 fully saturated rings. The zero-order valence-electron chi connectivity index (χ0n) is 67.6. The number of aliphatic hydroxyl groups is 1. The van der Waals surface area contributed by atoms with Gasteiger partial charge in [0.25, 0.3) is 0 Å². The van der Waals surface area contributed by atoms with Crippen molar-refractivity contribution >= 4 is 39.5 Å². The number of carbonyl (C=O) groups excluding carboxylic acids is 4. The molecule has 17 nitrogen and oxygen atoms in total. The van der Waals surface area contributed by atoms with Crippen molar-refractivity contribution in [3.63, 3.8) is 0 Å². The van der Waals surface area contributed by atoms with Gasteiger partial charge >= 0.3 is 39.5 Å². The highest BCUT2D eigenvalue weighted by molar-refractivity contribution is 7.47. The molecule has 0 bridgehead atoms. The number of esters is 4. The topological polar surface area (TPSA) is 237 Å². The van der Waals surface area contributed by atoms with Gasteiger partial charge < -0.3 is 33.8 Å². The molecule has 19 heteroatoms. The Hall–Kier alpha value is -1.94. The van der Waals surface area contributed by atoms with E-state index in [0.717, 1.165) is 115 Å².